The largest absolute Gasteiger partial charge is 0.324 e. The van der Waals surface area contributed by atoms with Crippen LogP contribution in [0.5, 0.6) is 0 Å². The topological polar surface area (TPSA) is 26.0 Å². The van der Waals surface area contributed by atoms with E-state index in [4.69, 9.17) is 17.3 Å². The Labute approximate surface area is 122 Å². The van der Waals surface area contributed by atoms with Gasteiger partial charge in [-0.05, 0) is 59.0 Å². The summed E-state index contributed by atoms with van der Waals surface area (Å²) >= 11 is 8.42. The zero-order valence-corrected chi connectivity index (χ0v) is 12.9. The first-order valence-corrected chi connectivity index (χ1v) is 7.84. The summed E-state index contributed by atoms with van der Waals surface area (Å²) in [5, 5.41) is 0.826. The summed E-state index contributed by atoms with van der Waals surface area (Å²) in [5.41, 5.74) is 7.59. The lowest BCUT2D eigenvalue weighted by Gasteiger charge is -2.23. The van der Waals surface area contributed by atoms with E-state index in [2.05, 4.69) is 34.7 Å². The highest BCUT2D eigenvalue weighted by molar-refractivity contribution is 14.1. The second kappa shape index (κ2) is 6.39. The van der Waals surface area contributed by atoms with Crippen LogP contribution in [0.3, 0.4) is 0 Å². The molecule has 0 heterocycles. The summed E-state index contributed by atoms with van der Waals surface area (Å²) in [6, 6.07) is 6.39. The van der Waals surface area contributed by atoms with Crippen LogP contribution >= 0.6 is 34.2 Å². The zero-order valence-electron chi connectivity index (χ0n) is 9.96. The van der Waals surface area contributed by atoms with Gasteiger partial charge in [-0.1, -0.05) is 43.4 Å². The second-order valence-corrected chi connectivity index (χ2v) is 6.52. The van der Waals surface area contributed by atoms with Gasteiger partial charge in [0.25, 0.3) is 0 Å². The zero-order chi connectivity index (χ0) is 12.3. The monoisotopic (exact) mass is 363 g/mol. The van der Waals surface area contributed by atoms with Gasteiger partial charge in [-0.25, -0.2) is 0 Å². The van der Waals surface area contributed by atoms with Gasteiger partial charge in [-0.15, -0.1) is 0 Å². The van der Waals surface area contributed by atoms with Crippen LogP contribution in [-0.2, 0) is 0 Å². The maximum absolute atomic E-state index is 6.40. The van der Waals surface area contributed by atoms with E-state index in [9.17, 15) is 0 Å². The Morgan fingerprint density at radius 3 is 2.41 bits per heavy atom. The molecule has 0 spiro atoms. The highest BCUT2D eigenvalue weighted by Gasteiger charge is 2.21. The van der Waals surface area contributed by atoms with Crippen molar-refractivity contribution in [3.05, 3.63) is 32.4 Å². The Balaban J connectivity index is 2.11. The molecule has 1 saturated carbocycles. The summed E-state index contributed by atoms with van der Waals surface area (Å²) in [7, 11) is 0. The van der Waals surface area contributed by atoms with E-state index >= 15 is 0 Å². The van der Waals surface area contributed by atoms with Crippen LogP contribution in [0, 0.1) is 9.49 Å². The second-order valence-electron chi connectivity index (χ2n) is 4.95. The van der Waals surface area contributed by atoms with Gasteiger partial charge in [0, 0.05) is 9.61 Å². The average molecular weight is 364 g/mol. The van der Waals surface area contributed by atoms with Crippen molar-refractivity contribution in [2.75, 3.05) is 0 Å². The molecule has 1 aliphatic rings. The van der Waals surface area contributed by atoms with Crippen molar-refractivity contribution in [2.45, 2.75) is 44.6 Å². The quantitative estimate of drug-likeness (QED) is 0.586. The van der Waals surface area contributed by atoms with E-state index in [0.29, 0.717) is 5.92 Å². The van der Waals surface area contributed by atoms with Crippen molar-refractivity contribution in [1.82, 2.24) is 0 Å². The number of halogens is 2. The van der Waals surface area contributed by atoms with Gasteiger partial charge in [0.05, 0.1) is 5.02 Å². The normalized spacial score (nSPS) is 19.9. The van der Waals surface area contributed by atoms with Gasteiger partial charge in [-0.2, -0.15) is 0 Å². The summed E-state index contributed by atoms with van der Waals surface area (Å²) < 4.78 is 1.10. The summed E-state index contributed by atoms with van der Waals surface area (Å²) in [6.07, 6.45) is 7.94. The average Bonchev–Trinajstić information content (AvgIpc) is 2.60. The highest BCUT2D eigenvalue weighted by Crippen LogP contribution is 2.33. The first-order chi connectivity index (χ1) is 8.18. The Morgan fingerprint density at radius 2 is 1.82 bits per heavy atom. The van der Waals surface area contributed by atoms with Crippen LogP contribution in [-0.4, -0.2) is 0 Å². The Morgan fingerprint density at radius 1 is 1.18 bits per heavy atom. The molecule has 0 amide bonds. The predicted octanol–water partition coefficient (Wildman–Crippen LogP) is 4.91. The minimum absolute atomic E-state index is 0.155. The third-order valence-corrected chi connectivity index (χ3v) is 5.31. The number of hydrogen-bond acceptors (Lipinski definition) is 1. The fourth-order valence-electron chi connectivity index (χ4n) is 2.66. The molecule has 1 aromatic rings. The number of benzene rings is 1. The maximum atomic E-state index is 6.40. The summed E-state index contributed by atoms with van der Waals surface area (Å²) in [5.74, 6) is 0.633. The van der Waals surface area contributed by atoms with Gasteiger partial charge >= 0.3 is 0 Å². The molecule has 2 rings (SSSR count). The molecular weight excluding hydrogens is 345 g/mol. The molecular formula is C14H19ClIN. The van der Waals surface area contributed by atoms with E-state index in [1.165, 1.54) is 44.1 Å². The van der Waals surface area contributed by atoms with Crippen LogP contribution < -0.4 is 5.73 Å². The lowest BCUT2D eigenvalue weighted by molar-refractivity contribution is 0.382. The van der Waals surface area contributed by atoms with Gasteiger partial charge in [-0.3, -0.25) is 0 Å². The molecule has 94 valence electrons. The third-order valence-electron chi connectivity index (χ3n) is 3.74. The Hall–Kier alpha value is 0.200. The minimum Gasteiger partial charge on any atom is -0.324 e. The van der Waals surface area contributed by atoms with E-state index < -0.39 is 0 Å². The first kappa shape index (κ1) is 13.6. The van der Waals surface area contributed by atoms with E-state index in [1.807, 2.05) is 6.07 Å². The third kappa shape index (κ3) is 3.58. The van der Waals surface area contributed by atoms with Crippen LogP contribution in [0.2, 0.25) is 5.02 Å². The molecule has 0 saturated heterocycles. The molecule has 0 bridgehead atoms. The molecule has 1 atom stereocenters. The fraction of sp³-hybridized carbons (Fsp3) is 0.571. The van der Waals surface area contributed by atoms with Crippen molar-refractivity contribution in [3.63, 3.8) is 0 Å². The van der Waals surface area contributed by atoms with Gasteiger partial charge in [0.1, 0.15) is 0 Å². The van der Waals surface area contributed by atoms with E-state index in [0.717, 1.165) is 8.59 Å². The summed E-state index contributed by atoms with van der Waals surface area (Å²) in [6.45, 7) is 0. The molecule has 0 aromatic heterocycles. The van der Waals surface area contributed by atoms with Crippen molar-refractivity contribution in [2.24, 2.45) is 11.7 Å². The molecule has 17 heavy (non-hydrogen) atoms. The lowest BCUT2D eigenvalue weighted by atomic mass is 9.88. The molecule has 3 heteroatoms. The summed E-state index contributed by atoms with van der Waals surface area (Å²) in [4.78, 5) is 0. The van der Waals surface area contributed by atoms with Crippen LogP contribution in [0.1, 0.15) is 50.1 Å². The van der Waals surface area contributed by atoms with Crippen LogP contribution in [0.4, 0.5) is 0 Å². The maximum Gasteiger partial charge on any atom is 0.0542 e. The molecule has 2 N–H and O–H groups in total. The molecule has 1 aromatic carbocycles. The molecule has 1 fully saturated rings. The molecule has 1 unspecified atom stereocenters. The SMILES string of the molecule is NC(c1ccc(I)c(Cl)c1)C1CCCCCC1. The van der Waals surface area contributed by atoms with E-state index in [1.54, 1.807) is 0 Å². The van der Waals surface area contributed by atoms with Crippen molar-refractivity contribution >= 4 is 34.2 Å². The minimum atomic E-state index is 0.155. The highest BCUT2D eigenvalue weighted by atomic mass is 127. The number of rotatable bonds is 2. The number of hydrogen-bond donors (Lipinski definition) is 1. The Bertz CT molecular complexity index is 372. The smallest absolute Gasteiger partial charge is 0.0542 e. The molecule has 1 aliphatic carbocycles. The molecule has 1 nitrogen and oxygen atoms in total. The fourth-order valence-corrected chi connectivity index (χ4v) is 3.19. The van der Waals surface area contributed by atoms with Crippen molar-refractivity contribution in [3.8, 4) is 0 Å². The first-order valence-electron chi connectivity index (χ1n) is 6.39. The molecule has 0 radical (unpaired) electrons. The standard InChI is InChI=1S/C14H19ClIN/c15-12-9-11(7-8-13(12)16)14(17)10-5-3-1-2-4-6-10/h7-10,14H,1-6,17H2. The van der Waals surface area contributed by atoms with Crippen molar-refractivity contribution in [1.29, 1.82) is 0 Å². The molecule has 0 aliphatic heterocycles. The number of nitrogens with two attached hydrogens (primary N) is 1. The predicted molar refractivity (Wildman–Crippen MR) is 82.3 cm³/mol. The lowest BCUT2D eigenvalue weighted by Crippen LogP contribution is -2.21. The Kier molecular flexibility index (Phi) is 5.12. The van der Waals surface area contributed by atoms with Crippen LogP contribution in [0.25, 0.3) is 0 Å². The van der Waals surface area contributed by atoms with Gasteiger partial charge in [0.15, 0.2) is 0 Å². The van der Waals surface area contributed by atoms with Gasteiger partial charge in [0.2, 0.25) is 0 Å². The van der Waals surface area contributed by atoms with E-state index in [-0.39, 0.29) is 6.04 Å². The van der Waals surface area contributed by atoms with Gasteiger partial charge < -0.3 is 5.73 Å². The van der Waals surface area contributed by atoms with Crippen LogP contribution in [0.15, 0.2) is 18.2 Å². The van der Waals surface area contributed by atoms with Crippen molar-refractivity contribution < 1.29 is 0 Å².